The maximum Gasteiger partial charge on any atom is 0.287 e. The molecule has 0 aliphatic heterocycles. The fourth-order valence-electron chi connectivity index (χ4n) is 3.49. The molecule has 1 amide bonds. The number of carbonyl (C=O) groups excluding carboxylic acids is 1. The number of fused-ring (bicyclic) bond motifs is 1. The molecule has 0 saturated heterocycles. The SMILES string of the molecule is CC(NC(=O)c1ccco1)c1nc2ccccc2n1CCCCOc1ccc(Cl)cc1. The molecule has 1 unspecified atom stereocenters. The van der Waals surface area contributed by atoms with E-state index in [4.69, 9.17) is 25.7 Å². The highest BCUT2D eigenvalue weighted by Gasteiger charge is 2.19. The molecule has 2 heterocycles. The van der Waals surface area contributed by atoms with Crippen LogP contribution in [0.5, 0.6) is 5.75 Å². The first-order chi connectivity index (χ1) is 15.1. The number of amides is 1. The number of nitrogens with one attached hydrogen (secondary N) is 1. The molecular weight excluding hydrogens is 414 g/mol. The number of benzene rings is 2. The largest absolute Gasteiger partial charge is 0.494 e. The second-order valence-corrected chi connectivity index (χ2v) is 7.73. The van der Waals surface area contributed by atoms with Crippen LogP contribution in [0, 0.1) is 0 Å². The van der Waals surface area contributed by atoms with Gasteiger partial charge in [0.05, 0.1) is 29.9 Å². The van der Waals surface area contributed by atoms with Crippen molar-refractivity contribution in [2.24, 2.45) is 0 Å². The fraction of sp³-hybridized carbons (Fsp3) is 0.250. The normalized spacial score (nSPS) is 12.1. The number of aryl methyl sites for hydroxylation is 1. The number of halogens is 1. The number of rotatable bonds is 9. The maximum atomic E-state index is 12.4. The zero-order valence-corrected chi connectivity index (χ0v) is 18.0. The third-order valence-electron chi connectivity index (χ3n) is 5.02. The second kappa shape index (κ2) is 9.71. The van der Waals surface area contributed by atoms with Crippen molar-refractivity contribution in [2.45, 2.75) is 32.4 Å². The van der Waals surface area contributed by atoms with Crippen molar-refractivity contribution in [3.05, 3.63) is 83.5 Å². The van der Waals surface area contributed by atoms with Gasteiger partial charge >= 0.3 is 0 Å². The highest BCUT2D eigenvalue weighted by atomic mass is 35.5. The van der Waals surface area contributed by atoms with Crippen LogP contribution in [0.1, 0.15) is 42.2 Å². The number of unbranched alkanes of at least 4 members (excludes halogenated alkanes) is 1. The predicted molar refractivity (Wildman–Crippen MR) is 121 cm³/mol. The van der Waals surface area contributed by atoms with Crippen LogP contribution < -0.4 is 10.1 Å². The van der Waals surface area contributed by atoms with E-state index in [-0.39, 0.29) is 17.7 Å². The molecule has 6 nitrogen and oxygen atoms in total. The summed E-state index contributed by atoms with van der Waals surface area (Å²) in [6, 6.07) is 18.5. The molecule has 0 saturated carbocycles. The van der Waals surface area contributed by atoms with Gasteiger partial charge in [-0.15, -0.1) is 0 Å². The van der Waals surface area contributed by atoms with Gasteiger partial charge in [0.2, 0.25) is 0 Å². The van der Waals surface area contributed by atoms with Crippen LogP contribution in [0.3, 0.4) is 0 Å². The van der Waals surface area contributed by atoms with E-state index in [2.05, 4.69) is 16.0 Å². The van der Waals surface area contributed by atoms with Gasteiger partial charge in [0.1, 0.15) is 11.6 Å². The minimum atomic E-state index is -0.268. The number of ether oxygens (including phenoxy) is 1. The number of imidazole rings is 1. The van der Waals surface area contributed by atoms with Crippen molar-refractivity contribution in [1.29, 1.82) is 0 Å². The molecule has 0 bridgehead atoms. The van der Waals surface area contributed by atoms with Gasteiger partial charge in [-0.3, -0.25) is 4.79 Å². The average molecular weight is 438 g/mol. The quantitative estimate of drug-likeness (QED) is 0.344. The molecule has 0 spiro atoms. The van der Waals surface area contributed by atoms with Gasteiger partial charge in [-0.05, 0) is 68.3 Å². The Bertz CT molecular complexity index is 1140. The number of hydrogen-bond donors (Lipinski definition) is 1. The van der Waals surface area contributed by atoms with E-state index in [1.807, 2.05) is 49.4 Å². The Hall–Kier alpha value is -3.25. The summed E-state index contributed by atoms with van der Waals surface area (Å²) >= 11 is 5.91. The fourth-order valence-corrected chi connectivity index (χ4v) is 3.62. The Kier molecular flexibility index (Phi) is 6.57. The lowest BCUT2D eigenvalue weighted by molar-refractivity contribution is 0.0909. The molecule has 7 heteroatoms. The number of furan rings is 1. The van der Waals surface area contributed by atoms with E-state index in [1.165, 1.54) is 6.26 Å². The summed E-state index contributed by atoms with van der Waals surface area (Å²) in [5, 5.41) is 3.67. The van der Waals surface area contributed by atoms with Crippen molar-refractivity contribution in [1.82, 2.24) is 14.9 Å². The lowest BCUT2D eigenvalue weighted by Gasteiger charge is -2.16. The van der Waals surface area contributed by atoms with Gasteiger partial charge in [0, 0.05) is 11.6 Å². The summed E-state index contributed by atoms with van der Waals surface area (Å²) in [6.07, 6.45) is 3.29. The van der Waals surface area contributed by atoms with E-state index in [0.29, 0.717) is 11.6 Å². The molecule has 160 valence electrons. The first-order valence-electron chi connectivity index (χ1n) is 10.3. The predicted octanol–water partition coefficient (Wildman–Crippen LogP) is 5.63. The Morgan fingerprint density at radius 2 is 1.94 bits per heavy atom. The van der Waals surface area contributed by atoms with E-state index < -0.39 is 0 Å². The van der Waals surface area contributed by atoms with E-state index in [0.717, 1.165) is 42.0 Å². The lowest BCUT2D eigenvalue weighted by atomic mass is 10.2. The van der Waals surface area contributed by atoms with Crippen molar-refractivity contribution in [3.63, 3.8) is 0 Å². The maximum absolute atomic E-state index is 12.4. The number of hydrogen-bond acceptors (Lipinski definition) is 4. The number of para-hydroxylation sites is 2. The second-order valence-electron chi connectivity index (χ2n) is 7.29. The van der Waals surface area contributed by atoms with Crippen LogP contribution >= 0.6 is 11.6 Å². The highest BCUT2D eigenvalue weighted by molar-refractivity contribution is 6.30. The van der Waals surface area contributed by atoms with Gasteiger partial charge in [-0.25, -0.2) is 4.98 Å². The van der Waals surface area contributed by atoms with Crippen molar-refractivity contribution >= 4 is 28.5 Å². The van der Waals surface area contributed by atoms with E-state index in [9.17, 15) is 4.79 Å². The van der Waals surface area contributed by atoms with Crippen LogP contribution in [-0.2, 0) is 6.54 Å². The molecule has 0 radical (unpaired) electrons. The molecule has 4 aromatic rings. The van der Waals surface area contributed by atoms with Crippen molar-refractivity contribution < 1.29 is 13.9 Å². The molecule has 0 aliphatic rings. The molecule has 4 rings (SSSR count). The van der Waals surface area contributed by atoms with Gasteiger partial charge in [-0.2, -0.15) is 0 Å². The molecule has 2 aromatic heterocycles. The average Bonchev–Trinajstić information content (AvgIpc) is 3.43. The van der Waals surface area contributed by atoms with Crippen molar-refractivity contribution in [2.75, 3.05) is 6.61 Å². The van der Waals surface area contributed by atoms with Crippen molar-refractivity contribution in [3.8, 4) is 5.75 Å². The van der Waals surface area contributed by atoms with Gasteiger partial charge in [0.15, 0.2) is 5.76 Å². The summed E-state index contributed by atoms with van der Waals surface area (Å²) in [7, 11) is 0. The molecule has 0 aliphatic carbocycles. The Labute approximate surface area is 185 Å². The standard InChI is InChI=1S/C24H24ClN3O3/c1-17(26-24(29)22-9-6-16-31-22)23-27-20-7-2-3-8-21(20)28(23)14-4-5-15-30-19-12-10-18(25)11-13-19/h2-3,6-13,16-17H,4-5,14-15H2,1H3,(H,26,29). The van der Waals surface area contributed by atoms with Gasteiger partial charge in [-0.1, -0.05) is 23.7 Å². The van der Waals surface area contributed by atoms with Gasteiger partial charge < -0.3 is 19.0 Å². The third kappa shape index (κ3) is 5.09. The monoisotopic (exact) mass is 437 g/mol. The smallest absolute Gasteiger partial charge is 0.287 e. The zero-order valence-electron chi connectivity index (χ0n) is 17.3. The molecule has 31 heavy (non-hydrogen) atoms. The summed E-state index contributed by atoms with van der Waals surface area (Å²) in [6.45, 7) is 3.33. The Morgan fingerprint density at radius 1 is 1.13 bits per heavy atom. The lowest BCUT2D eigenvalue weighted by Crippen LogP contribution is -2.28. The molecule has 1 atom stereocenters. The molecule has 0 fully saturated rings. The van der Waals surface area contributed by atoms with E-state index >= 15 is 0 Å². The molecule has 2 aromatic carbocycles. The third-order valence-corrected chi connectivity index (χ3v) is 5.27. The van der Waals surface area contributed by atoms with Crippen LogP contribution in [-0.4, -0.2) is 22.1 Å². The molecule has 1 N–H and O–H groups in total. The summed E-state index contributed by atoms with van der Waals surface area (Å²) in [4.78, 5) is 17.2. The van der Waals surface area contributed by atoms with Crippen LogP contribution in [0.4, 0.5) is 0 Å². The number of nitrogens with zero attached hydrogens (tertiary/aromatic N) is 2. The van der Waals surface area contributed by atoms with Crippen LogP contribution in [0.25, 0.3) is 11.0 Å². The van der Waals surface area contributed by atoms with E-state index in [1.54, 1.807) is 12.1 Å². The summed E-state index contributed by atoms with van der Waals surface area (Å²) < 4.78 is 13.2. The highest BCUT2D eigenvalue weighted by Crippen LogP contribution is 2.22. The Balaban J connectivity index is 1.41. The zero-order chi connectivity index (χ0) is 21.6. The molecular formula is C24H24ClN3O3. The topological polar surface area (TPSA) is 69.3 Å². The first-order valence-corrected chi connectivity index (χ1v) is 10.7. The number of carbonyl (C=O) groups is 1. The summed E-state index contributed by atoms with van der Waals surface area (Å²) in [5.41, 5.74) is 1.96. The minimum absolute atomic E-state index is 0.257. The Morgan fingerprint density at radius 3 is 2.71 bits per heavy atom. The van der Waals surface area contributed by atoms with Gasteiger partial charge in [0.25, 0.3) is 5.91 Å². The minimum Gasteiger partial charge on any atom is -0.494 e. The number of aromatic nitrogens is 2. The van der Waals surface area contributed by atoms with Crippen LogP contribution in [0.2, 0.25) is 5.02 Å². The first kappa shape index (κ1) is 21.0. The van der Waals surface area contributed by atoms with Crippen LogP contribution in [0.15, 0.2) is 71.3 Å². The summed E-state index contributed by atoms with van der Waals surface area (Å²) in [5.74, 6) is 1.66.